The van der Waals surface area contributed by atoms with E-state index in [9.17, 15) is 4.79 Å². The van der Waals surface area contributed by atoms with Gasteiger partial charge in [-0.25, -0.2) is 0 Å². The van der Waals surface area contributed by atoms with Crippen molar-refractivity contribution in [3.8, 4) is 0 Å². The average Bonchev–Trinajstić information content (AvgIpc) is 3.22. The minimum atomic E-state index is -0.0949. The van der Waals surface area contributed by atoms with Crippen LogP contribution in [0.5, 0.6) is 0 Å². The second-order valence-electron chi connectivity index (χ2n) is 5.19. The van der Waals surface area contributed by atoms with Gasteiger partial charge in [-0.15, -0.1) is 0 Å². The molecule has 7 nitrogen and oxygen atoms in total. The third kappa shape index (κ3) is 3.88. The molecule has 0 spiro atoms. The molecule has 1 aliphatic rings. The number of nitrogens with zero attached hydrogens (tertiary/aromatic N) is 3. The molecule has 0 bridgehead atoms. The summed E-state index contributed by atoms with van der Waals surface area (Å²) < 4.78 is 10.6. The third-order valence-electron chi connectivity index (χ3n) is 3.50. The van der Waals surface area contributed by atoms with E-state index in [1.165, 1.54) is 0 Å². The number of hydrogen-bond donors (Lipinski definition) is 1. The van der Waals surface area contributed by atoms with Crippen LogP contribution in [-0.4, -0.2) is 27.6 Å². The monoisotopic (exact) mass is 302 g/mol. The first-order chi connectivity index (χ1) is 10.8. The van der Waals surface area contributed by atoms with Gasteiger partial charge >= 0.3 is 0 Å². The van der Waals surface area contributed by atoms with Crippen LogP contribution in [0.25, 0.3) is 0 Å². The van der Waals surface area contributed by atoms with Crippen LogP contribution in [0.4, 0.5) is 0 Å². The van der Waals surface area contributed by atoms with Gasteiger partial charge in [0.25, 0.3) is 5.89 Å². The van der Waals surface area contributed by atoms with E-state index in [2.05, 4.69) is 20.4 Å². The normalized spacial score (nSPS) is 17.5. The highest BCUT2D eigenvalue weighted by molar-refractivity contribution is 5.76. The van der Waals surface area contributed by atoms with E-state index in [1.54, 1.807) is 12.4 Å². The van der Waals surface area contributed by atoms with E-state index in [4.69, 9.17) is 9.26 Å². The molecule has 2 aromatic heterocycles. The van der Waals surface area contributed by atoms with E-state index in [-0.39, 0.29) is 18.6 Å². The van der Waals surface area contributed by atoms with Crippen molar-refractivity contribution in [2.75, 3.05) is 6.61 Å². The van der Waals surface area contributed by atoms with E-state index in [0.29, 0.717) is 24.6 Å². The number of hydrogen-bond acceptors (Lipinski definition) is 6. The SMILES string of the molecule is O=C(CCc1cccnc1)NCc1noc([C@H]2CCCO2)n1. The topological polar surface area (TPSA) is 90.1 Å². The van der Waals surface area contributed by atoms with Crippen molar-refractivity contribution in [1.29, 1.82) is 0 Å². The first kappa shape index (κ1) is 14.6. The molecule has 1 amide bonds. The van der Waals surface area contributed by atoms with Gasteiger partial charge in [-0.2, -0.15) is 4.98 Å². The van der Waals surface area contributed by atoms with E-state index in [0.717, 1.165) is 25.0 Å². The lowest BCUT2D eigenvalue weighted by atomic mass is 10.1. The predicted molar refractivity (Wildman–Crippen MR) is 76.6 cm³/mol. The van der Waals surface area contributed by atoms with Gasteiger partial charge in [0.15, 0.2) is 5.82 Å². The van der Waals surface area contributed by atoms with Crippen LogP contribution in [0.1, 0.15) is 42.6 Å². The van der Waals surface area contributed by atoms with Crippen LogP contribution in [0.3, 0.4) is 0 Å². The molecule has 0 aromatic carbocycles. The molecular weight excluding hydrogens is 284 g/mol. The van der Waals surface area contributed by atoms with Crippen molar-refractivity contribution in [2.45, 2.75) is 38.3 Å². The maximum absolute atomic E-state index is 11.8. The number of amides is 1. The van der Waals surface area contributed by atoms with Crippen LogP contribution < -0.4 is 5.32 Å². The number of carbonyl (C=O) groups is 1. The Hall–Kier alpha value is -2.28. The molecule has 3 rings (SSSR count). The zero-order valence-electron chi connectivity index (χ0n) is 12.2. The molecule has 1 saturated heterocycles. The lowest BCUT2D eigenvalue weighted by molar-refractivity contribution is -0.121. The summed E-state index contributed by atoms with van der Waals surface area (Å²) in [5, 5.41) is 6.65. The van der Waals surface area contributed by atoms with Gasteiger partial charge in [-0.3, -0.25) is 9.78 Å². The molecule has 7 heteroatoms. The van der Waals surface area contributed by atoms with Crippen LogP contribution in [0.2, 0.25) is 0 Å². The quantitative estimate of drug-likeness (QED) is 0.871. The first-order valence-electron chi connectivity index (χ1n) is 7.41. The summed E-state index contributed by atoms with van der Waals surface area (Å²) in [5.74, 6) is 0.921. The fraction of sp³-hybridized carbons (Fsp3) is 0.467. The zero-order valence-corrected chi connectivity index (χ0v) is 12.2. The minimum Gasteiger partial charge on any atom is -0.368 e. The van der Waals surface area contributed by atoms with E-state index >= 15 is 0 Å². The molecule has 116 valence electrons. The minimum absolute atomic E-state index is 0.0488. The molecule has 1 atom stereocenters. The number of aryl methyl sites for hydroxylation is 1. The summed E-state index contributed by atoms with van der Waals surface area (Å²) >= 11 is 0. The largest absolute Gasteiger partial charge is 0.368 e. The fourth-order valence-electron chi connectivity index (χ4n) is 2.31. The maximum atomic E-state index is 11.8. The molecule has 2 aromatic rings. The summed E-state index contributed by atoms with van der Waals surface area (Å²) in [6.45, 7) is 0.996. The van der Waals surface area contributed by atoms with Gasteiger partial charge in [-0.1, -0.05) is 11.2 Å². The van der Waals surface area contributed by atoms with E-state index in [1.807, 2.05) is 12.1 Å². The molecule has 0 aliphatic carbocycles. The predicted octanol–water partition coefficient (Wildman–Crippen LogP) is 1.57. The molecule has 0 unspecified atom stereocenters. The fourth-order valence-corrected chi connectivity index (χ4v) is 2.31. The molecule has 3 heterocycles. The van der Waals surface area contributed by atoms with Crippen molar-refractivity contribution in [1.82, 2.24) is 20.4 Å². The smallest absolute Gasteiger partial charge is 0.255 e. The lowest BCUT2D eigenvalue weighted by Crippen LogP contribution is -2.23. The number of ether oxygens (including phenoxy) is 1. The van der Waals surface area contributed by atoms with Crippen molar-refractivity contribution in [3.63, 3.8) is 0 Å². The molecule has 0 saturated carbocycles. The Labute approximate surface area is 128 Å². The Kier molecular flexibility index (Phi) is 4.75. The molecule has 1 fully saturated rings. The van der Waals surface area contributed by atoms with Crippen LogP contribution >= 0.6 is 0 Å². The molecule has 22 heavy (non-hydrogen) atoms. The summed E-state index contributed by atoms with van der Waals surface area (Å²) in [6.07, 6.45) is 6.36. The Balaban J connectivity index is 1.43. The zero-order chi connectivity index (χ0) is 15.2. The third-order valence-corrected chi connectivity index (χ3v) is 3.50. The molecular formula is C15H18N4O3. The Morgan fingerprint density at radius 1 is 1.45 bits per heavy atom. The van der Waals surface area contributed by atoms with Gasteiger partial charge in [0.1, 0.15) is 6.10 Å². The summed E-state index contributed by atoms with van der Waals surface area (Å²) in [6, 6.07) is 3.81. The molecule has 1 N–H and O–H groups in total. The first-order valence-corrected chi connectivity index (χ1v) is 7.41. The summed E-state index contributed by atoms with van der Waals surface area (Å²) in [4.78, 5) is 20.1. The Morgan fingerprint density at radius 2 is 2.41 bits per heavy atom. The van der Waals surface area contributed by atoms with Gasteiger partial charge in [0.05, 0.1) is 6.54 Å². The average molecular weight is 302 g/mol. The Bertz CT molecular complexity index is 608. The number of nitrogens with one attached hydrogen (secondary N) is 1. The lowest BCUT2D eigenvalue weighted by Gasteiger charge is -2.02. The number of aromatic nitrogens is 3. The van der Waals surface area contributed by atoms with Crippen molar-refractivity contribution in [3.05, 3.63) is 41.8 Å². The number of pyridine rings is 1. The van der Waals surface area contributed by atoms with Crippen LogP contribution in [-0.2, 0) is 22.5 Å². The van der Waals surface area contributed by atoms with Crippen LogP contribution in [0, 0.1) is 0 Å². The summed E-state index contributed by atoms with van der Waals surface area (Å²) in [5.41, 5.74) is 1.04. The highest BCUT2D eigenvalue weighted by Gasteiger charge is 2.23. The van der Waals surface area contributed by atoms with Crippen molar-refractivity contribution in [2.24, 2.45) is 0 Å². The number of carbonyl (C=O) groups excluding carboxylic acids is 1. The molecule has 0 radical (unpaired) electrons. The maximum Gasteiger partial charge on any atom is 0.255 e. The molecule has 1 aliphatic heterocycles. The highest BCUT2D eigenvalue weighted by Crippen LogP contribution is 2.26. The highest BCUT2D eigenvalue weighted by atomic mass is 16.5. The Morgan fingerprint density at radius 3 is 3.18 bits per heavy atom. The summed E-state index contributed by atoms with van der Waals surface area (Å²) in [7, 11) is 0. The van der Waals surface area contributed by atoms with Gasteiger partial charge in [-0.05, 0) is 30.9 Å². The number of rotatable bonds is 6. The van der Waals surface area contributed by atoms with Crippen LogP contribution in [0.15, 0.2) is 29.0 Å². The second kappa shape index (κ2) is 7.13. The van der Waals surface area contributed by atoms with E-state index < -0.39 is 0 Å². The standard InChI is InChI=1S/C15H18N4O3/c20-14(6-5-11-3-1-7-16-9-11)17-10-13-18-15(22-19-13)12-4-2-8-21-12/h1,3,7,9,12H,2,4-6,8,10H2,(H,17,20)/t12-/m1/s1. The second-order valence-corrected chi connectivity index (χ2v) is 5.19. The van der Waals surface area contributed by atoms with Gasteiger partial charge in [0, 0.05) is 25.4 Å². The van der Waals surface area contributed by atoms with Gasteiger partial charge in [0.2, 0.25) is 5.91 Å². The van der Waals surface area contributed by atoms with Gasteiger partial charge < -0.3 is 14.6 Å². The van der Waals surface area contributed by atoms with Crippen molar-refractivity contribution >= 4 is 5.91 Å². The van der Waals surface area contributed by atoms with Crippen molar-refractivity contribution < 1.29 is 14.1 Å².